The predicted octanol–water partition coefficient (Wildman–Crippen LogP) is 3.20. The van der Waals surface area contributed by atoms with Crippen LogP contribution in [0.1, 0.15) is 73.1 Å². The van der Waals surface area contributed by atoms with Crippen molar-refractivity contribution in [3.63, 3.8) is 0 Å². The zero-order chi connectivity index (χ0) is 21.7. The molecule has 0 spiro atoms. The number of amides is 1. The second kappa shape index (κ2) is 10.2. The minimum atomic E-state index is -0.437. The van der Waals surface area contributed by atoms with Crippen molar-refractivity contribution in [3.05, 3.63) is 0 Å². The molecular formula is C23H43N5O2. The Morgan fingerprint density at radius 2 is 1.97 bits per heavy atom. The predicted molar refractivity (Wildman–Crippen MR) is 122 cm³/mol. The van der Waals surface area contributed by atoms with Crippen LogP contribution in [-0.2, 0) is 4.74 Å². The Morgan fingerprint density at radius 3 is 2.63 bits per heavy atom. The van der Waals surface area contributed by atoms with E-state index < -0.39 is 5.60 Å². The molecule has 0 radical (unpaired) electrons. The average molecular weight is 422 g/mol. The van der Waals surface area contributed by atoms with E-state index in [9.17, 15) is 4.79 Å². The van der Waals surface area contributed by atoms with Crippen molar-refractivity contribution < 1.29 is 9.53 Å². The fourth-order valence-corrected chi connectivity index (χ4v) is 4.74. The third-order valence-corrected chi connectivity index (χ3v) is 6.30. The first-order valence-corrected chi connectivity index (χ1v) is 12.0. The molecule has 30 heavy (non-hydrogen) atoms. The van der Waals surface area contributed by atoms with Gasteiger partial charge < -0.3 is 20.3 Å². The Kier molecular flexibility index (Phi) is 7.88. The topological polar surface area (TPSA) is 69.2 Å². The van der Waals surface area contributed by atoms with Crippen molar-refractivity contribution in [2.24, 2.45) is 10.9 Å². The van der Waals surface area contributed by atoms with Gasteiger partial charge in [0.05, 0.1) is 0 Å². The van der Waals surface area contributed by atoms with Crippen LogP contribution in [0.15, 0.2) is 4.99 Å². The van der Waals surface area contributed by atoms with Crippen molar-refractivity contribution >= 4 is 12.1 Å². The Morgan fingerprint density at radius 1 is 1.20 bits per heavy atom. The number of likely N-dealkylation sites (tertiary alicyclic amines) is 2. The number of hydrogen-bond acceptors (Lipinski definition) is 4. The molecule has 0 aromatic heterocycles. The SMILES string of the molecule is CCNC(=NCCC1CCCN(C(=O)OC(C)(C)C)C1)NC1CC(C)N(C2CC2)C1. The van der Waals surface area contributed by atoms with Crippen LogP contribution in [0.2, 0.25) is 0 Å². The molecule has 3 rings (SSSR count). The fourth-order valence-electron chi connectivity index (χ4n) is 4.74. The number of carbonyl (C=O) groups is 1. The van der Waals surface area contributed by atoms with E-state index in [1.807, 2.05) is 25.7 Å². The lowest BCUT2D eigenvalue weighted by Crippen LogP contribution is -2.45. The van der Waals surface area contributed by atoms with E-state index >= 15 is 0 Å². The fraction of sp³-hybridized carbons (Fsp3) is 0.913. The van der Waals surface area contributed by atoms with Crippen molar-refractivity contribution in [1.29, 1.82) is 0 Å². The molecule has 3 unspecified atom stereocenters. The van der Waals surface area contributed by atoms with Crippen LogP contribution in [0.3, 0.4) is 0 Å². The summed E-state index contributed by atoms with van der Waals surface area (Å²) in [5, 5.41) is 7.07. The molecule has 2 saturated heterocycles. The average Bonchev–Trinajstić information content (AvgIpc) is 3.44. The molecule has 7 nitrogen and oxygen atoms in total. The molecule has 172 valence electrons. The Bertz CT molecular complexity index is 599. The first-order valence-electron chi connectivity index (χ1n) is 12.0. The lowest BCUT2D eigenvalue weighted by atomic mass is 9.95. The molecule has 0 aromatic carbocycles. The zero-order valence-corrected chi connectivity index (χ0v) is 19.7. The summed E-state index contributed by atoms with van der Waals surface area (Å²) < 4.78 is 5.55. The number of hydrogen-bond donors (Lipinski definition) is 2. The largest absolute Gasteiger partial charge is 0.444 e. The van der Waals surface area contributed by atoms with Gasteiger partial charge in [-0.3, -0.25) is 9.89 Å². The number of guanidine groups is 1. The molecule has 3 fully saturated rings. The van der Waals surface area contributed by atoms with E-state index in [1.54, 1.807) is 0 Å². The maximum absolute atomic E-state index is 12.4. The van der Waals surface area contributed by atoms with Crippen LogP contribution in [0.25, 0.3) is 0 Å². The molecule has 1 saturated carbocycles. The van der Waals surface area contributed by atoms with Crippen LogP contribution < -0.4 is 10.6 Å². The van der Waals surface area contributed by atoms with E-state index in [4.69, 9.17) is 9.73 Å². The molecule has 2 N–H and O–H groups in total. The molecular weight excluding hydrogens is 378 g/mol. The highest BCUT2D eigenvalue weighted by atomic mass is 16.6. The molecule has 3 atom stereocenters. The van der Waals surface area contributed by atoms with Gasteiger partial charge in [0, 0.05) is 50.8 Å². The summed E-state index contributed by atoms with van der Waals surface area (Å²) in [7, 11) is 0. The molecule has 1 aliphatic carbocycles. The standard InChI is InChI=1S/C23H43N5O2/c1-6-24-21(26-19-14-17(2)28(16-19)20-9-10-20)25-12-11-18-8-7-13-27(15-18)22(29)30-23(3,4)5/h17-20H,6-16H2,1-5H3,(H2,24,25,26). The second-order valence-corrected chi connectivity index (χ2v) is 10.3. The minimum absolute atomic E-state index is 0.179. The maximum atomic E-state index is 12.4. The summed E-state index contributed by atoms with van der Waals surface area (Å²) in [5.41, 5.74) is -0.437. The number of carbonyl (C=O) groups excluding carboxylic acids is 1. The Balaban J connectivity index is 1.45. The number of ether oxygens (including phenoxy) is 1. The Hall–Kier alpha value is -1.50. The highest BCUT2D eigenvalue weighted by Crippen LogP contribution is 2.33. The zero-order valence-electron chi connectivity index (χ0n) is 19.7. The second-order valence-electron chi connectivity index (χ2n) is 10.3. The first-order chi connectivity index (χ1) is 14.2. The number of nitrogens with zero attached hydrogens (tertiary/aromatic N) is 3. The molecule has 7 heteroatoms. The van der Waals surface area contributed by atoms with Crippen LogP contribution in [0.4, 0.5) is 4.79 Å². The van der Waals surface area contributed by atoms with Gasteiger partial charge in [0.2, 0.25) is 0 Å². The molecule has 1 amide bonds. The third kappa shape index (κ3) is 7.03. The number of piperidine rings is 1. The molecule has 2 aliphatic heterocycles. The van der Waals surface area contributed by atoms with Crippen molar-refractivity contribution in [3.8, 4) is 0 Å². The van der Waals surface area contributed by atoms with Crippen molar-refractivity contribution in [1.82, 2.24) is 20.4 Å². The summed E-state index contributed by atoms with van der Waals surface area (Å²) in [5.74, 6) is 1.43. The monoisotopic (exact) mass is 421 g/mol. The summed E-state index contributed by atoms with van der Waals surface area (Å²) >= 11 is 0. The molecule has 0 bridgehead atoms. The van der Waals surface area contributed by atoms with Crippen molar-refractivity contribution in [2.75, 3.05) is 32.7 Å². The molecule has 0 aromatic rings. The lowest BCUT2D eigenvalue weighted by molar-refractivity contribution is 0.0163. The summed E-state index contributed by atoms with van der Waals surface area (Å²) in [6.45, 7) is 14.6. The quantitative estimate of drug-likeness (QED) is 0.509. The number of rotatable bonds is 6. The van der Waals surface area contributed by atoms with Crippen LogP contribution in [0.5, 0.6) is 0 Å². The summed E-state index contributed by atoms with van der Waals surface area (Å²) in [6, 6.07) is 1.97. The van der Waals surface area contributed by atoms with E-state index in [2.05, 4.69) is 29.4 Å². The van der Waals surface area contributed by atoms with E-state index in [0.717, 1.165) is 64.0 Å². The third-order valence-electron chi connectivity index (χ3n) is 6.30. The summed E-state index contributed by atoms with van der Waals surface area (Å²) in [6.07, 6.45) is 6.96. The normalized spacial score (nSPS) is 28.5. The smallest absolute Gasteiger partial charge is 0.410 e. The van der Waals surface area contributed by atoms with E-state index in [-0.39, 0.29) is 6.09 Å². The van der Waals surface area contributed by atoms with Gasteiger partial charge in [-0.1, -0.05) is 0 Å². The van der Waals surface area contributed by atoms with Gasteiger partial charge in [0.25, 0.3) is 0 Å². The van der Waals surface area contributed by atoms with E-state index in [0.29, 0.717) is 18.0 Å². The van der Waals surface area contributed by atoms with Gasteiger partial charge in [-0.2, -0.15) is 0 Å². The van der Waals surface area contributed by atoms with Crippen LogP contribution >= 0.6 is 0 Å². The van der Waals surface area contributed by atoms with Gasteiger partial charge in [0.15, 0.2) is 5.96 Å². The van der Waals surface area contributed by atoms with Gasteiger partial charge in [-0.25, -0.2) is 4.79 Å². The van der Waals surface area contributed by atoms with Gasteiger partial charge in [-0.05, 0) is 79.1 Å². The van der Waals surface area contributed by atoms with E-state index in [1.165, 1.54) is 19.3 Å². The minimum Gasteiger partial charge on any atom is -0.444 e. The molecule has 3 aliphatic rings. The highest BCUT2D eigenvalue weighted by Gasteiger charge is 2.39. The van der Waals surface area contributed by atoms with Crippen molar-refractivity contribution in [2.45, 2.75) is 96.9 Å². The van der Waals surface area contributed by atoms with Gasteiger partial charge >= 0.3 is 6.09 Å². The number of nitrogens with one attached hydrogen (secondary N) is 2. The lowest BCUT2D eigenvalue weighted by Gasteiger charge is -2.34. The van der Waals surface area contributed by atoms with Gasteiger partial charge in [-0.15, -0.1) is 0 Å². The maximum Gasteiger partial charge on any atom is 0.410 e. The molecule has 2 heterocycles. The van der Waals surface area contributed by atoms with Crippen LogP contribution in [0, 0.1) is 5.92 Å². The first kappa shape index (κ1) is 23.2. The Labute approximate surface area is 183 Å². The highest BCUT2D eigenvalue weighted by molar-refractivity contribution is 5.80. The number of aliphatic imine (C=N–C) groups is 1. The van der Waals surface area contributed by atoms with Crippen LogP contribution in [-0.4, -0.2) is 78.3 Å². The van der Waals surface area contributed by atoms with Gasteiger partial charge in [0.1, 0.15) is 5.60 Å². The summed E-state index contributed by atoms with van der Waals surface area (Å²) in [4.78, 5) is 21.8.